The normalized spacial score (nSPS) is 23.3. The smallest absolute Gasteiger partial charge is 0.123 e. The third-order valence-corrected chi connectivity index (χ3v) is 4.82. The van der Waals surface area contributed by atoms with Gasteiger partial charge < -0.3 is 10.1 Å². The van der Waals surface area contributed by atoms with E-state index >= 15 is 0 Å². The van der Waals surface area contributed by atoms with Gasteiger partial charge in [-0.05, 0) is 64.1 Å². The molecular weight excluding hydrogens is 302 g/mol. The minimum absolute atomic E-state index is 0.687. The molecule has 0 spiro atoms. The van der Waals surface area contributed by atoms with Gasteiger partial charge in [0.15, 0.2) is 0 Å². The predicted octanol–water partition coefficient (Wildman–Crippen LogP) is 4.30. The third-order valence-electron chi connectivity index (χ3n) is 3.96. The number of piperidine rings is 1. The molecule has 1 saturated heterocycles. The summed E-state index contributed by atoms with van der Waals surface area (Å²) in [5.74, 6) is 1.89. The molecule has 1 N–H and O–H groups in total. The van der Waals surface area contributed by atoms with E-state index in [9.17, 15) is 0 Å². The Bertz CT molecular complexity index is 408. The second-order valence-corrected chi connectivity index (χ2v) is 6.45. The summed E-state index contributed by atoms with van der Waals surface area (Å²) in [7, 11) is 0. The van der Waals surface area contributed by atoms with Gasteiger partial charge in [0, 0.05) is 16.1 Å². The van der Waals surface area contributed by atoms with Crippen LogP contribution >= 0.6 is 15.9 Å². The summed E-state index contributed by atoms with van der Waals surface area (Å²) in [4.78, 5) is 0. The first-order chi connectivity index (χ1) is 9.16. The van der Waals surface area contributed by atoms with Crippen LogP contribution in [-0.4, -0.2) is 19.2 Å². The molecule has 1 aromatic rings. The molecule has 0 bridgehead atoms. The van der Waals surface area contributed by atoms with E-state index in [0.29, 0.717) is 6.04 Å². The largest absolute Gasteiger partial charge is 0.493 e. The Kier molecular flexibility index (Phi) is 5.71. The number of benzene rings is 1. The van der Waals surface area contributed by atoms with Gasteiger partial charge in [-0.3, -0.25) is 0 Å². The average Bonchev–Trinajstić information content (AvgIpc) is 2.39. The Morgan fingerprint density at radius 1 is 1.42 bits per heavy atom. The lowest BCUT2D eigenvalue weighted by Gasteiger charge is -2.27. The summed E-state index contributed by atoms with van der Waals surface area (Å²) in [6.45, 7) is 6.38. The van der Waals surface area contributed by atoms with E-state index in [0.717, 1.165) is 29.2 Å². The van der Waals surface area contributed by atoms with Gasteiger partial charge in [0.05, 0.1) is 6.61 Å². The lowest BCUT2D eigenvalue weighted by atomic mass is 9.89. The van der Waals surface area contributed by atoms with Crippen LogP contribution in [0.5, 0.6) is 5.75 Å². The molecule has 0 unspecified atom stereocenters. The Balaban J connectivity index is 1.70. The zero-order valence-corrected chi connectivity index (χ0v) is 13.5. The van der Waals surface area contributed by atoms with Crippen LogP contribution < -0.4 is 10.1 Å². The fourth-order valence-corrected chi connectivity index (χ4v) is 3.14. The van der Waals surface area contributed by atoms with Crippen molar-refractivity contribution in [1.29, 1.82) is 0 Å². The van der Waals surface area contributed by atoms with Crippen molar-refractivity contribution in [1.82, 2.24) is 5.32 Å². The van der Waals surface area contributed by atoms with Crippen molar-refractivity contribution in [3.05, 3.63) is 28.2 Å². The molecule has 0 amide bonds. The molecule has 1 aromatic carbocycles. The topological polar surface area (TPSA) is 21.3 Å². The molecule has 0 aliphatic carbocycles. The van der Waals surface area contributed by atoms with Crippen LogP contribution in [0.1, 0.15) is 38.2 Å². The van der Waals surface area contributed by atoms with Crippen LogP contribution in [0.4, 0.5) is 0 Å². The van der Waals surface area contributed by atoms with Crippen molar-refractivity contribution in [3.8, 4) is 5.75 Å². The molecule has 1 heterocycles. The van der Waals surface area contributed by atoms with Gasteiger partial charge in [0.2, 0.25) is 0 Å². The Morgan fingerprint density at radius 2 is 2.26 bits per heavy atom. The Hall–Kier alpha value is -0.540. The first kappa shape index (κ1) is 14.9. The Morgan fingerprint density at radius 3 is 3.05 bits per heavy atom. The highest BCUT2D eigenvalue weighted by atomic mass is 79.9. The lowest BCUT2D eigenvalue weighted by Crippen LogP contribution is -2.35. The molecule has 1 fully saturated rings. The molecule has 0 aromatic heterocycles. The molecule has 1 aliphatic rings. The average molecular weight is 326 g/mol. The van der Waals surface area contributed by atoms with E-state index in [1.54, 1.807) is 0 Å². The van der Waals surface area contributed by atoms with E-state index < -0.39 is 0 Å². The quantitative estimate of drug-likeness (QED) is 0.815. The SMILES string of the molecule is Cc1c(Br)cccc1OCCC[C@@H]1CCN[C@@H](C)C1. The van der Waals surface area contributed by atoms with Crippen LogP contribution in [-0.2, 0) is 0 Å². The summed E-state index contributed by atoms with van der Waals surface area (Å²) < 4.78 is 7.01. The highest BCUT2D eigenvalue weighted by Gasteiger charge is 2.17. The molecular formula is C16H24BrNO. The summed E-state index contributed by atoms with van der Waals surface area (Å²) >= 11 is 3.54. The summed E-state index contributed by atoms with van der Waals surface area (Å²) in [6.07, 6.45) is 5.08. The van der Waals surface area contributed by atoms with Gasteiger partial charge in [-0.25, -0.2) is 0 Å². The second kappa shape index (κ2) is 7.30. The van der Waals surface area contributed by atoms with Gasteiger partial charge >= 0.3 is 0 Å². The van der Waals surface area contributed by atoms with Crippen LogP contribution in [0, 0.1) is 12.8 Å². The zero-order valence-electron chi connectivity index (χ0n) is 11.9. The molecule has 0 saturated carbocycles. The molecule has 2 rings (SSSR count). The van der Waals surface area contributed by atoms with Crippen molar-refractivity contribution >= 4 is 15.9 Å². The van der Waals surface area contributed by atoms with Crippen molar-refractivity contribution in [3.63, 3.8) is 0 Å². The van der Waals surface area contributed by atoms with E-state index in [1.165, 1.54) is 31.4 Å². The van der Waals surface area contributed by atoms with Crippen molar-refractivity contribution < 1.29 is 4.74 Å². The number of hydrogen-bond acceptors (Lipinski definition) is 2. The van der Waals surface area contributed by atoms with E-state index in [4.69, 9.17) is 4.74 Å². The van der Waals surface area contributed by atoms with Crippen LogP contribution in [0.3, 0.4) is 0 Å². The number of halogens is 1. The molecule has 3 heteroatoms. The maximum atomic E-state index is 5.89. The first-order valence-corrected chi connectivity index (χ1v) is 8.07. The number of ether oxygens (including phenoxy) is 1. The monoisotopic (exact) mass is 325 g/mol. The van der Waals surface area contributed by atoms with Gasteiger partial charge in [-0.2, -0.15) is 0 Å². The molecule has 2 atom stereocenters. The van der Waals surface area contributed by atoms with Crippen molar-refractivity contribution in [2.45, 2.75) is 45.6 Å². The summed E-state index contributed by atoms with van der Waals surface area (Å²) in [5.41, 5.74) is 1.19. The highest BCUT2D eigenvalue weighted by molar-refractivity contribution is 9.10. The number of hydrogen-bond donors (Lipinski definition) is 1. The van der Waals surface area contributed by atoms with E-state index in [1.807, 2.05) is 12.1 Å². The Labute approximate surface area is 125 Å². The van der Waals surface area contributed by atoms with E-state index in [2.05, 4.69) is 41.2 Å². The fourth-order valence-electron chi connectivity index (χ4n) is 2.80. The van der Waals surface area contributed by atoms with Crippen LogP contribution in [0.15, 0.2) is 22.7 Å². The van der Waals surface area contributed by atoms with Gasteiger partial charge in [-0.1, -0.05) is 22.0 Å². The summed E-state index contributed by atoms with van der Waals surface area (Å²) in [6, 6.07) is 6.82. The lowest BCUT2D eigenvalue weighted by molar-refractivity contribution is 0.255. The summed E-state index contributed by atoms with van der Waals surface area (Å²) in [5, 5.41) is 3.51. The second-order valence-electron chi connectivity index (χ2n) is 5.60. The molecule has 19 heavy (non-hydrogen) atoms. The van der Waals surface area contributed by atoms with Gasteiger partial charge in [-0.15, -0.1) is 0 Å². The van der Waals surface area contributed by atoms with E-state index in [-0.39, 0.29) is 0 Å². The van der Waals surface area contributed by atoms with Gasteiger partial charge in [0.25, 0.3) is 0 Å². The third kappa shape index (κ3) is 4.50. The molecule has 1 aliphatic heterocycles. The molecule has 106 valence electrons. The van der Waals surface area contributed by atoms with Gasteiger partial charge in [0.1, 0.15) is 5.75 Å². The maximum Gasteiger partial charge on any atom is 0.123 e. The van der Waals surface area contributed by atoms with Crippen molar-refractivity contribution in [2.24, 2.45) is 5.92 Å². The molecule has 2 nitrogen and oxygen atoms in total. The van der Waals surface area contributed by atoms with Crippen molar-refractivity contribution in [2.75, 3.05) is 13.2 Å². The minimum Gasteiger partial charge on any atom is -0.493 e. The first-order valence-electron chi connectivity index (χ1n) is 7.28. The number of rotatable bonds is 5. The number of nitrogens with one attached hydrogen (secondary N) is 1. The molecule has 0 radical (unpaired) electrons. The minimum atomic E-state index is 0.687. The highest BCUT2D eigenvalue weighted by Crippen LogP contribution is 2.26. The zero-order chi connectivity index (χ0) is 13.7. The van der Waals surface area contributed by atoms with Crippen LogP contribution in [0.2, 0.25) is 0 Å². The maximum absolute atomic E-state index is 5.89. The van der Waals surface area contributed by atoms with Crippen LogP contribution in [0.25, 0.3) is 0 Å². The fraction of sp³-hybridized carbons (Fsp3) is 0.625. The standard InChI is InChI=1S/C16H24BrNO/c1-12-11-14(8-9-18-12)5-4-10-19-16-7-3-6-15(17)13(16)2/h3,6-7,12,14,18H,4-5,8-11H2,1-2H3/t12-,14+/m0/s1. The predicted molar refractivity (Wildman–Crippen MR) is 83.8 cm³/mol.